The van der Waals surface area contributed by atoms with Crippen LogP contribution in [0.25, 0.3) is 33.6 Å². The minimum atomic E-state index is -1.03. The van der Waals surface area contributed by atoms with Crippen molar-refractivity contribution in [3.05, 3.63) is 72.1 Å². The van der Waals surface area contributed by atoms with Gasteiger partial charge in [0.15, 0.2) is 0 Å². The van der Waals surface area contributed by atoms with Gasteiger partial charge < -0.3 is 34.3 Å². The highest BCUT2D eigenvalue weighted by Crippen LogP contribution is 2.39. The van der Waals surface area contributed by atoms with Gasteiger partial charge in [0.2, 0.25) is 11.8 Å². The summed E-state index contributed by atoms with van der Waals surface area (Å²) in [7, 11) is 3.24. The van der Waals surface area contributed by atoms with Crippen molar-refractivity contribution in [3.63, 3.8) is 0 Å². The van der Waals surface area contributed by atoms with Gasteiger partial charge in [-0.1, -0.05) is 36.4 Å². The number of methoxy groups -OCH3 is 2. The first kappa shape index (κ1) is 37.1. The Morgan fingerprint density at radius 2 is 1.20 bits per heavy atom. The number of aromatic carboxylic acids is 1. The zero-order valence-electron chi connectivity index (χ0n) is 31.4. The summed E-state index contributed by atoms with van der Waals surface area (Å²) in [6, 6.07) is 12.4. The van der Waals surface area contributed by atoms with Crippen LogP contribution < -0.4 is 10.6 Å². The number of carboxylic acid groups (broad SMARTS) is 1. The van der Waals surface area contributed by atoms with E-state index in [1.54, 1.807) is 32.7 Å². The van der Waals surface area contributed by atoms with Crippen LogP contribution in [-0.4, -0.2) is 105 Å². The number of H-pyrrole nitrogens is 2. The smallest absolute Gasteiger partial charge is 0.336 e. The van der Waals surface area contributed by atoms with Crippen molar-refractivity contribution in [2.24, 2.45) is 11.8 Å². The maximum Gasteiger partial charge on any atom is 0.336 e. The molecule has 55 heavy (non-hydrogen) atoms. The number of benzene rings is 2. The van der Waals surface area contributed by atoms with Gasteiger partial charge in [-0.15, -0.1) is 0 Å². The Hall–Kier alpha value is -4.89. The van der Waals surface area contributed by atoms with Crippen molar-refractivity contribution in [2.75, 3.05) is 40.8 Å². The fourth-order valence-corrected chi connectivity index (χ4v) is 8.38. The molecule has 2 saturated heterocycles. The lowest BCUT2D eigenvalue weighted by atomic mass is 9.95. The first-order valence-electron chi connectivity index (χ1n) is 19.5. The average Bonchev–Trinajstić information content (AvgIpc) is 3.91. The van der Waals surface area contributed by atoms with E-state index in [4.69, 9.17) is 14.5 Å². The van der Waals surface area contributed by atoms with E-state index < -0.39 is 5.97 Å². The summed E-state index contributed by atoms with van der Waals surface area (Å²) in [6.07, 6.45) is 11.2. The van der Waals surface area contributed by atoms with Crippen LogP contribution in [0.4, 0.5) is 0 Å². The predicted molar refractivity (Wildman–Crippen MR) is 204 cm³/mol. The molecular formula is C41H50N8O6. The Bertz CT molecular complexity index is 2000. The summed E-state index contributed by atoms with van der Waals surface area (Å²) in [4.78, 5) is 59.9. The molecule has 0 spiro atoms. The van der Waals surface area contributed by atoms with E-state index in [1.165, 1.54) is 0 Å². The summed E-state index contributed by atoms with van der Waals surface area (Å²) in [5, 5.41) is 16.9. The Morgan fingerprint density at radius 1 is 0.727 bits per heavy atom. The maximum absolute atomic E-state index is 13.6. The van der Waals surface area contributed by atoms with Crippen molar-refractivity contribution >= 4 is 17.8 Å². The maximum atomic E-state index is 13.6. The molecular weight excluding hydrogens is 701 g/mol. The largest absolute Gasteiger partial charge is 0.478 e. The molecule has 290 valence electrons. The van der Waals surface area contributed by atoms with E-state index in [1.807, 2.05) is 46.2 Å². The van der Waals surface area contributed by atoms with Crippen molar-refractivity contribution in [3.8, 4) is 33.6 Å². The van der Waals surface area contributed by atoms with E-state index in [0.29, 0.717) is 61.0 Å². The fraction of sp³-hybridized carbons (Fsp3) is 0.488. The molecule has 4 fully saturated rings. The number of hydrogen-bond acceptors (Lipinski definition) is 9. The Balaban J connectivity index is 0.964. The number of carbonyl (C=O) groups is 3. The Kier molecular flexibility index (Phi) is 10.8. The van der Waals surface area contributed by atoms with Gasteiger partial charge in [-0.2, -0.15) is 0 Å². The number of imidazole rings is 2. The van der Waals surface area contributed by atoms with Gasteiger partial charge in [-0.3, -0.25) is 20.2 Å². The highest BCUT2D eigenvalue weighted by atomic mass is 16.5. The van der Waals surface area contributed by atoms with E-state index in [2.05, 4.69) is 25.6 Å². The highest BCUT2D eigenvalue weighted by molar-refractivity contribution is 5.97. The van der Waals surface area contributed by atoms with Crippen LogP contribution in [0.15, 0.2) is 54.9 Å². The van der Waals surface area contributed by atoms with Gasteiger partial charge in [-0.25, -0.2) is 14.8 Å². The minimum absolute atomic E-state index is 0.0810. The van der Waals surface area contributed by atoms with Crippen LogP contribution in [0, 0.1) is 11.8 Å². The van der Waals surface area contributed by atoms with E-state index >= 15 is 0 Å². The van der Waals surface area contributed by atoms with Gasteiger partial charge in [0, 0.05) is 32.9 Å². The van der Waals surface area contributed by atoms with Crippen molar-refractivity contribution in [2.45, 2.75) is 75.5 Å². The Morgan fingerprint density at radius 3 is 1.67 bits per heavy atom. The molecule has 5 N–H and O–H groups in total. The number of hydrogen-bond donors (Lipinski definition) is 5. The number of nitrogens with zero attached hydrogens (tertiary/aromatic N) is 4. The number of aromatic amines is 2. The molecule has 2 amide bonds. The van der Waals surface area contributed by atoms with Crippen LogP contribution >= 0.6 is 0 Å². The molecule has 4 heterocycles. The van der Waals surface area contributed by atoms with E-state index in [-0.39, 0.29) is 41.5 Å². The number of carboxylic acids is 1. The molecule has 4 aromatic rings. The molecule has 2 saturated carbocycles. The lowest BCUT2D eigenvalue weighted by molar-refractivity contribution is -0.136. The van der Waals surface area contributed by atoms with Crippen molar-refractivity contribution in [1.82, 2.24) is 40.4 Å². The minimum Gasteiger partial charge on any atom is -0.478 e. The third kappa shape index (κ3) is 7.81. The van der Waals surface area contributed by atoms with Gasteiger partial charge in [0.05, 0.1) is 67.0 Å². The molecule has 2 aromatic carbocycles. The van der Waals surface area contributed by atoms with Crippen LogP contribution in [0.5, 0.6) is 0 Å². The van der Waals surface area contributed by atoms with Gasteiger partial charge in [0.1, 0.15) is 11.6 Å². The molecule has 14 nitrogen and oxygen atoms in total. The van der Waals surface area contributed by atoms with Crippen LogP contribution in [0.1, 0.15) is 85.5 Å². The molecule has 8 rings (SSSR count). The van der Waals surface area contributed by atoms with E-state index in [0.717, 1.165) is 74.0 Å². The van der Waals surface area contributed by atoms with Crippen molar-refractivity contribution < 1.29 is 29.0 Å². The number of aromatic nitrogens is 4. The quantitative estimate of drug-likeness (QED) is 0.0968. The average molecular weight is 751 g/mol. The summed E-state index contributed by atoms with van der Waals surface area (Å²) >= 11 is 0. The third-order valence-corrected chi connectivity index (χ3v) is 11.6. The number of amides is 2. The summed E-state index contributed by atoms with van der Waals surface area (Å²) < 4.78 is 10.4. The monoisotopic (exact) mass is 750 g/mol. The molecule has 4 atom stereocenters. The summed E-state index contributed by atoms with van der Waals surface area (Å²) in [5.41, 5.74) is 4.68. The zero-order valence-corrected chi connectivity index (χ0v) is 31.4. The first-order valence-corrected chi connectivity index (χ1v) is 19.5. The normalized spacial score (nSPS) is 20.9. The number of carbonyl (C=O) groups excluding carboxylic acids is 2. The van der Waals surface area contributed by atoms with Gasteiger partial charge >= 0.3 is 5.97 Å². The first-order chi connectivity index (χ1) is 26.8. The van der Waals surface area contributed by atoms with Crippen LogP contribution in [0.2, 0.25) is 0 Å². The molecule has 0 radical (unpaired) electrons. The summed E-state index contributed by atoms with van der Waals surface area (Å²) in [5.74, 6) is 1.32. The predicted octanol–water partition coefficient (Wildman–Crippen LogP) is 5.10. The number of nitrogens with one attached hydrogen (secondary N) is 4. The second-order valence-corrected chi connectivity index (χ2v) is 15.3. The van der Waals surface area contributed by atoms with Crippen molar-refractivity contribution in [1.29, 1.82) is 0 Å². The van der Waals surface area contributed by atoms with Crippen LogP contribution in [0.3, 0.4) is 0 Å². The molecule has 14 heteroatoms. The molecule has 4 aliphatic rings. The Labute approximate surface area is 320 Å². The molecule has 2 aromatic heterocycles. The molecule has 0 unspecified atom stereocenters. The molecule has 0 bridgehead atoms. The van der Waals surface area contributed by atoms with E-state index in [9.17, 15) is 19.5 Å². The molecule has 2 aliphatic carbocycles. The standard InChI is InChI=1S/C41H50N8O6/c1-54-22-44-35(26-11-12-26)39(50)48-17-3-5-33(48)37-42-20-31(46-37)25-9-7-24(8-10-25)29-16-15-28(19-30(29)41(52)53)32-21-43-38(47-32)34-6-4-18-49(34)40(51)36(27-13-14-27)45-23-55-2/h7-10,15-16,19-21,26-27,33-36,44-45H,3-6,11-14,17-18,22-23H2,1-2H3,(H,42,46)(H,43,47)(H,52,53)/t33-,34-,35-,36-/m0/s1. The lowest BCUT2D eigenvalue weighted by Crippen LogP contribution is -2.48. The zero-order chi connectivity index (χ0) is 38.1. The summed E-state index contributed by atoms with van der Waals surface area (Å²) in [6.45, 7) is 2.04. The highest BCUT2D eigenvalue weighted by Gasteiger charge is 2.43. The van der Waals surface area contributed by atoms with Gasteiger partial charge in [-0.05, 0) is 86.0 Å². The van der Waals surface area contributed by atoms with Gasteiger partial charge in [0.25, 0.3) is 0 Å². The lowest BCUT2D eigenvalue weighted by Gasteiger charge is -2.28. The fourth-order valence-electron chi connectivity index (χ4n) is 8.38. The second kappa shape index (κ2) is 16.1. The van der Waals surface area contributed by atoms with Crippen LogP contribution in [-0.2, 0) is 19.1 Å². The number of ether oxygens (including phenoxy) is 2. The number of likely N-dealkylation sites (tertiary alicyclic amines) is 2. The number of rotatable bonds is 16. The SMILES string of the molecule is COCN[C@H](C(=O)N1CCC[C@H]1c1ncc(-c2ccc(-c3ccc(-c4cnc([C@@H]5CCCN5C(=O)[C@@H](NCOC)C5CC5)[nH]4)cc3C(=O)O)cc2)[nH]1)C1CC1. The molecule has 2 aliphatic heterocycles. The topological polar surface area (TPSA) is 178 Å². The second-order valence-electron chi connectivity index (χ2n) is 15.3. The third-order valence-electron chi connectivity index (χ3n) is 11.6.